The second-order valence-corrected chi connectivity index (χ2v) is 7.07. The van der Waals surface area contributed by atoms with Crippen molar-refractivity contribution in [2.45, 2.75) is 26.4 Å². The quantitative estimate of drug-likeness (QED) is 0.538. The Labute approximate surface area is 180 Å². The Morgan fingerprint density at radius 2 is 1.77 bits per heavy atom. The zero-order chi connectivity index (χ0) is 22.2. The number of anilines is 1. The molecule has 160 valence electrons. The van der Waals surface area contributed by atoms with Crippen molar-refractivity contribution in [2.24, 2.45) is 0 Å². The zero-order valence-corrected chi connectivity index (χ0v) is 17.4. The van der Waals surface area contributed by atoms with Gasteiger partial charge < -0.3 is 19.8 Å². The molecule has 7 heteroatoms. The van der Waals surface area contributed by atoms with Crippen molar-refractivity contribution in [3.63, 3.8) is 0 Å². The monoisotopic (exact) mass is 420 g/mol. The molecule has 2 N–H and O–H groups in total. The predicted molar refractivity (Wildman–Crippen MR) is 115 cm³/mol. The number of amides is 2. The highest BCUT2D eigenvalue weighted by Gasteiger charge is 2.25. The number of aryl methyl sites for hydroxylation is 2. The number of ether oxygens (including phenoxy) is 1. The Morgan fingerprint density at radius 1 is 1.00 bits per heavy atom. The van der Waals surface area contributed by atoms with Gasteiger partial charge in [-0.05, 0) is 43.2 Å². The molecule has 0 bridgehead atoms. The second kappa shape index (κ2) is 10.2. The van der Waals surface area contributed by atoms with E-state index in [2.05, 4.69) is 10.6 Å². The van der Waals surface area contributed by atoms with Gasteiger partial charge in [0, 0.05) is 17.8 Å². The Balaban J connectivity index is 1.64. The number of hydrogen-bond donors (Lipinski definition) is 2. The highest BCUT2D eigenvalue weighted by Crippen LogP contribution is 2.23. The van der Waals surface area contributed by atoms with Crippen LogP contribution >= 0.6 is 0 Å². The number of carbonyl (C=O) groups is 3. The summed E-state index contributed by atoms with van der Waals surface area (Å²) in [5, 5.41) is 5.43. The minimum absolute atomic E-state index is 0.0541. The van der Waals surface area contributed by atoms with Crippen molar-refractivity contribution in [3.05, 3.63) is 89.4 Å². The molecule has 31 heavy (non-hydrogen) atoms. The fourth-order valence-corrected chi connectivity index (χ4v) is 2.93. The van der Waals surface area contributed by atoms with E-state index < -0.39 is 23.9 Å². The molecule has 0 aliphatic heterocycles. The van der Waals surface area contributed by atoms with Crippen LogP contribution in [0.3, 0.4) is 0 Å². The van der Waals surface area contributed by atoms with Crippen LogP contribution in [0, 0.1) is 13.8 Å². The first-order valence-corrected chi connectivity index (χ1v) is 9.88. The van der Waals surface area contributed by atoms with Gasteiger partial charge in [-0.2, -0.15) is 0 Å². The molecule has 0 saturated heterocycles. The zero-order valence-electron chi connectivity index (χ0n) is 17.4. The third-order valence-corrected chi connectivity index (χ3v) is 4.60. The van der Waals surface area contributed by atoms with E-state index >= 15 is 0 Å². The number of rotatable bonds is 8. The van der Waals surface area contributed by atoms with Crippen molar-refractivity contribution in [1.29, 1.82) is 0 Å². The van der Waals surface area contributed by atoms with Crippen LogP contribution in [0.4, 0.5) is 5.69 Å². The summed E-state index contributed by atoms with van der Waals surface area (Å²) in [6.07, 6.45) is 0.184. The van der Waals surface area contributed by atoms with Gasteiger partial charge in [-0.1, -0.05) is 42.5 Å². The SMILES string of the molecule is Cc1ccc(C)c(NC(=O)C(OC(=O)CCNC(=O)c2ccco2)c2ccccc2)c1. The van der Waals surface area contributed by atoms with Gasteiger partial charge in [0.1, 0.15) is 0 Å². The third-order valence-electron chi connectivity index (χ3n) is 4.60. The smallest absolute Gasteiger partial charge is 0.308 e. The minimum Gasteiger partial charge on any atom is -0.459 e. The lowest BCUT2D eigenvalue weighted by molar-refractivity contribution is -0.154. The first kappa shape index (κ1) is 21.8. The largest absolute Gasteiger partial charge is 0.459 e. The number of nitrogens with one attached hydrogen (secondary N) is 2. The van der Waals surface area contributed by atoms with Gasteiger partial charge in [-0.15, -0.1) is 0 Å². The Bertz CT molecular complexity index is 1050. The molecule has 2 amide bonds. The number of esters is 1. The number of hydrogen-bond acceptors (Lipinski definition) is 5. The molecule has 1 atom stereocenters. The average Bonchev–Trinajstić information content (AvgIpc) is 3.30. The van der Waals surface area contributed by atoms with Crippen molar-refractivity contribution in [2.75, 3.05) is 11.9 Å². The summed E-state index contributed by atoms with van der Waals surface area (Å²) in [7, 11) is 0. The molecule has 0 aliphatic rings. The van der Waals surface area contributed by atoms with Gasteiger partial charge in [0.2, 0.25) is 6.10 Å². The highest BCUT2D eigenvalue weighted by molar-refractivity contribution is 5.96. The van der Waals surface area contributed by atoms with E-state index in [1.807, 2.05) is 38.1 Å². The molecule has 0 saturated carbocycles. The molecule has 0 fully saturated rings. The molecule has 1 unspecified atom stereocenters. The summed E-state index contributed by atoms with van der Waals surface area (Å²) in [5.41, 5.74) is 3.12. The minimum atomic E-state index is -1.12. The Kier molecular flexibility index (Phi) is 7.22. The predicted octanol–water partition coefficient (Wildman–Crippen LogP) is 3.94. The lowest BCUT2D eigenvalue weighted by Gasteiger charge is -2.19. The summed E-state index contributed by atoms with van der Waals surface area (Å²) < 4.78 is 10.5. The molecular formula is C24H24N2O5. The van der Waals surface area contributed by atoms with Gasteiger partial charge in [-0.3, -0.25) is 14.4 Å². The maximum Gasteiger partial charge on any atom is 0.308 e. The molecule has 3 aromatic rings. The van der Waals surface area contributed by atoms with Gasteiger partial charge in [0.25, 0.3) is 11.8 Å². The summed E-state index contributed by atoms with van der Waals surface area (Å²) in [6, 6.07) is 17.6. The maximum absolute atomic E-state index is 13.0. The number of benzene rings is 2. The molecule has 2 aromatic carbocycles. The normalized spacial score (nSPS) is 11.4. The van der Waals surface area contributed by atoms with Gasteiger partial charge >= 0.3 is 5.97 Å². The maximum atomic E-state index is 13.0. The standard InChI is InChI=1S/C24H24N2O5/c1-16-10-11-17(2)19(15-16)26-24(29)22(18-7-4-3-5-8-18)31-21(27)12-13-25-23(28)20-9-6-14-30-20/h3-11,14-15,22H,12-13H2,1-2H3,(H,25,28)(H,26,29). The van der Waals surface area contributed by atoms with Crippen molar-refractivity contribution in [1.82, 2.24) is 5.32 Å². The molecular weight excluding hydrogens is 396 g/mol. The van der Waals surface area contributed by atoms with E-state index in [0.29, 0.717) is 11.3 Å². The van der Waals surface area contributed by atoms with Crippen LogP contribution in [0.2, 0.25) is 0 Å². The Hall–Kier alpha value is -3.87. The van der Waals surface area contributed by atoms with Crippen molar-refractivity contribution < 1.29 is 23.5 Å². The molecule has 1 aromatic heterocycles. The summed E-state index contributed by atoms with van der Waals surface area (Å²) >= 11 is 0. The fraction of sp³-hybridized carbons (Fsp3) is 0.208. The van der Waals surface area contributed by atoms with Crippen LogP contribution < -0.4 is 10.6 Å². The molecule has 1 heterocycles. The van der Waals surface area contributed by atoms with Gasteiger partial charge in [-0.25, -0.2) is 0 Å². The summed E-state index contributed by atoms with van der Waals surface area (Å²) in [6.45, 7) is 3.87. The van der Waals surface area contributed by atoms with E-state index in [9.17, 15) is 14.4 Å². The van der Waals surface area contributed by atoms with E-state index in [-0.39, 0.29) is 18.7 Å². The third kappa shape index (κ3) is 6.05. The number of furan rings is 1. The fourth-order valence-electron chi connectivity index (χ4n) is 2.93. The van der Waals surface area contributed by atoms with Gasteiger partial charge in [0.05, 0.1) is 12.7 Å². The molecule has 0 aliphatic carbocycles. The van der Waals surface area contributed by atoms with Crippen LogP contribution in [0.25, 0.3) is 0 Å². The number of carbonyl (C=O) groups excluding carboxylic acids is 3. The van der Waals surface area contributed by atoms with Crippen LogP contribution in [0.15, 0.2) is 71.3 Å². The lowest BCUT2D eigenvalue weighted by atomic mass is 10.1. The topological polar surface area (TPSA) is 97.6 Å². The summed E-state index contributed by atoms with van der Waals surface area (Å²) in [4.78, 5) is 37.3. The van der Waals surface area contributed by atoms with E-state index in [1.54, 1.807) is 30.3 Å². The molecule has 7 nitrogen and oxygen atoms in total. The molecule has 3 rings (SSSR count). The van der Waals surface area contributed by atoms with E-state index in [4.69, 9.17) is 9.15 Å². The average molecular weight is 420 g/mol. The molecule has 0 radical (unpaired) electrons. The summed E-state index contributed by atoms with van der Waals surface area (Å²) in [5.74, 6) is -1.33. The second-order valence-electron chi connectivity index (χ2n) is 7.07. The van der Waals surface area contributed by atoms with Crippen LogP contribution in [0.1, 0.15) is 39.8 Å². The molecule has 0 spiro atoms. The van der Waals surface area contributed by atoms with E-state index in [1.165, 1.54) is 12.3 Å². The van der Waals surface area contributed by atoms with E-state index in [0.717, 1.165) is 11.1 Å². The van der Waals surface area contributed by atoms with Crippen LogP contribution in [0.5, 0.6) is 0 Å². The lowest BCUT2D eigenvalue weighted by Crippen LogP contribution is -2.29. The highest BCUT2D eigenvalue weighted by atomic mass is 16.5. The first-order chi connectivity index (χ1) is 14.9. The van der Waals surface area contributed by atoms with Crippen LogP contribution in [-0.2, 0) is 14.3 Å². The first-order valence-electron chi connectivity index (χ1n) is 9.88. The van der Waals surface area contributed by atoms with Crippen molar-refractivity contribution >= 4 is 23.5 Å². The van der Waals surface area contributed by atoms with Crippen molar-refractivity contribution in [3.8, 4) is 0 Å². The van der Waals surface area contributed by atoms with Gasteiger partial charge in [0.15, 0.2) is 5.76 Å². The Morgan fingerprint density at radius 3 is 2.48 bits per heavy atom. The van der Waals surface area contributed by atoms with Crippen LogP contribution in [-0.4, -0.2) is 24.3 Å².